The molecule has 2 amide bonds. The van der Waals surface area contributed by atoms with E-state index in [-0.39, 0.29) is 6.03 Å². The van der Waals surface area contributed by atoms with Gasteiger partial charge in [0.05, 0.1) is 6.54 Å². The molecule has 0 radical (unpaired) electrons. The molecule has 1 aromatic heterocycles. The fourth-order valence-corrected chi connectivity index (χ4v) is 2.22. The zero-order valence-corrected chi connectivity index (χ0v) is 12.5. The second-order valence-corrected chi connectivity index (χ2v) is 4.93. The summed E-state index contributed by atoms with van der Waals surface area (Å²) in [5.41, 5.74) is 1.58. The molecule has 0 aliphatic rings. The Morgan fingerprint density at radius 3 is 2.70 bits per heavy atom. The molecule has 0 fully saturated rings. The minimum atomic E-state index is -0.254. The van der Waals surface area contributed by atoms with Gasteiger partial charge >= 0.3 is 6.03 Å². The highest BCUT2D eigenvalue weighted by molar-refractivity contribution is 5.89. The van der Waals surface area contributed by atoms with Crippen LogP contribution in [0.1, 0.15) is 0 Å². The molecule has 1 heterocycles. The molecule has 0 spiro atoms. The average Bonchev–Trinajstić information content (AvgIpc) is 2.60. The molecule has 5 heteroatoms. The first-order chi connectivity index (χ1) is 11.3. The van der Waals surface area contributed by atoms with Crippen LogP contribution >= 0.6 is 0 Å². The van der Waals surface area contributed by atoms with Crippen LogP contribution in [-0.4, -0.2) is 24.2 Å². The van der Waals surface area contributed by atoms with Crippen LogP contribution in [0.25, 0.3) is 10.9 Å². The lowest BCUT2D eigenvalue weighted by Gasteiger charge is -2.10. The number of nitrogens with one attached hydrogen (secondary N) is 2. The number of nitrogens with zero attached hydrogens (tertiary/aromatic N) is 1. The van der Waals surface area contributed by atoms with Gasteiger partial charge in [-0.05, 0) is 24.3 Å². The summed E-state index contributed by atoms with van der Waals surface area (Å²) in [6.45, 7) is 0.778. The van der Waals surface area contributed by atoms with Crippen molar-refractivity contribution >= 4 is 22.6 Å². The van der Waals surface area contributed by atoms with Crippen molar-refractivity contribution < 1.29 is 9.53 Å². The highest BCUT2D eigenvalue weighted by Crippen LogP contribution is 2.22. The van der Waals surface area contributed by atoms with Gasteiger partial charge in [0.2, 0.25) is 0 Å². The van der Waals surface area contributed by atoms with Crippen molar-refractivity contribution in [2.75, 3.05) is 18.5 Å². The zero-order valence-electron chi connectivity index (χ0n) is 12.5. The Labute approximate surface area is 134 Å². The Kier molecular flexibility index (Phi) is 4.69. The maximum atomic E-state index is 11.7. The molecule has 23 heavy (non-hydrogen) atoms. The highest BCUT2D eigenvalue weighted by atomic mass is 16.5. The van der Waals surface area contributed by atoms with E-state index in [4.69, 9.17) is 4.74 Å². The van der Waals surface area contributed by atoms with Crippen molar-refractivity contribution in [2.24, 2.45) is 0 Å². The number of pyridine rings is 1. The highest BCUT2D eigenvalue weighted by Gasteiger charge is 2.03. The normalized spacial score (nSPS) is 10.3. The van der Waals surface area contributed by atoms with Gasteiger partial charge < -0.3 is 15.4 Å². The molecule has 0 atom stereocenters. The molecule has 0 saturated carbocycles. The Balaban J connectivity index is 1.49. The number of hydrogen-bond donors (Lipinski definition) is 2. The SMILES string of the molecule is O=C(NCCOc1cccc2cccnc12)Nc1ccccc1. The number of para-hydroxylation sites is 2. The number of urea groups is 1. The van der Waals surface area contributed by atoms with E-state index in [0.29, 0.717) is 18.9 Å². The fraction of sp³-hybridized carbons (Fsp3) is 0.111. The van der Waals surface area contributed by atoms with E-state index in [2.05, 4.69) is 15.6 Å². The van der Waals surface area contributed by atoms with Crippen molar-refractivity contribution in [3.05, 3.63) is 66.9 Å². The number of rotatable bonds is 5. The summed E-state index contributed by atoms with van der Waals surface area (Å²) >= 11 is 0. The van der Waals surface area contributed by atoms with Gasteiger partial charge in [-0.1, -0.05) is 36.4 Å². The molecule has 3 rings (SSSR count). The standard InChI is InChI=1S/C18H17N3O2/c22-18(21-15-8-2-1-3-9-15)20-12-13-23-16-10-4-6-14-7-5-11-19-17(14)16/h1-11H,12-13H2,(H2,20,21,22). The predicted molar refractivity (Wildman–Crippen MR) is 90.7 cm³/mol. The molecule has 0 aliphatic carbocycles. The van der Waals surface area contributed by atoms with Crippen LogP contribution in [0, 0.1) is 0 Å². The average molecular weight is 307 g/mol. The van der Waals surface area contributed by atoms with E-state index >= 15 is 0 Å². The van der Waals surface area contributed by atoms with Gasteiger partial charge in [-0.3, -0.25) is 4.98 Å². The quantitative estimate of drug-likeness (QED) is 0.710. The van der Waals surface area contributed by atoms with Crippen LogP contribution in [0.2, 0.25) is 0 Å². The number of anilines is 1. The lowest BCUT2D eigenvalue weighted by molar-refractivity contribution is 0.247. The number of aromatic nitrogens is 1. The number of hydrogen-bond acceptors (Lipinski definition) is 3. The summed E-state index contributed by atoms with van der Waals surface area (Å²) in [5, 5.41) is 6.53. The van der Waals surface area contributed by atoms with Crippen LogP contribution in [0.15, 0.2) is 66.9 Å². The molecule has 116 valence electrons. The third kappa shape index (κ3) is 3.97. The van der Waals surface area contributed by atoms with Crippen LogP contribution < -0.4 is 15.4 Å². The predicted octanol–water partition coefficient (Wildman–Crippen LogP) is 3.44. The number of fused-ring (bicyclic) bond motifs is 1. The van der Waals surface area contributed by atoms with Crippen molar-refractivity contribution in [2.45, 2.75) is 0 Å². The van der Waals surface area contributed by atoms with Gasteiger partial charge in [0.1, 0.15) is 17.9 Å². The minimum absolute atomic E-state index is 0.254. The van der Waals surface area contributed by atoms with Crippen molar-refractivity contribution in [1.82, 2.24) is 10.3 Å². The largest absolute Gasteiger partial charge is 0.489 e. The molecule has 3 aromatic rings. The van der Waals surface area contributed by atoms with Gasteiger partial charge in [-0.2, -0.15) is 0 Å². The van der Waals surface area contributed by atoms with E-state index in [0.717, 1.165) is 16.6 Å². The summed E-state index contributed by atoms with van der Waals surface area (Å²) in [7, 11) is 0. The third-order valence-electron chi connectivity index (χ3n) is 3.27. The van der Waals surface area contributed by atoms with Crippen molar-refractivity contribution in [3.63, 3.8) is 0 Å². The maximum Gasteiger partial charge on any atom is 0.319 e. The first-order valence-electron chi connectivity index (χ1n) is 7.39. The summed E-state index contributed by atoms with van der Waals surface area (Å²) in [6.07, 6.45) is 1.74. The van der Waals surface area contributed by atoms with Crippen molar-refractivity contribution in [3.8, 4) is 5.75 Å². The van der Waals surface area contributed by atoms with Crippen molar-refractivity contribution in [1.29, 1.82) is 0 Å². The van der Waals surface area contributed by atoms with Crippen LogP contribution in [0.4, 0.5) is 10.5 Å². The monoisotopic (exact) mass is 307 g/mol. The molecule has 2 N–H and O–H groups in total. The second-order valence-electron chi connectivity index (χ2n) is 4.93. The molecule has 2 aromatic carbocycles. The summed E-state index contributed by atoms with van der Waals surface area (Å²) in [6, 6.07) is 18.7. The van der Waals surface area contributed by atoms with Gasteiger partial charge in [0.25, 0.3) is 0 Å². The van der Waals surface area contributed by atoms with Crippen LogP contribution in [-0.2, 0) is 0 Å². The topological polar surface area (TPSA) is 63.2 Å². The van der Waals surface area contributed by atoms with E-state index in [1.807, 2.05) is 60.7 Å². The van der Waals surface area contributed by atoms with Crippen LogP contribution in [0.3, 0.4) is 0 Å². The number of benzene rings is 2. The number of amides is 2. The molecular formula is C18H17N3O2. The fourth-order valence-electron chi connectivity index (χ4n) is 2.22. The minimum Gasteiger partial charge on any atom is -0.489 e. The smallest absolute Gasteiger partial charge is 0.319 e. The van der Waals surface area contributed by atoms with Gasteiger partial charge in [-0.25, -0.2) is 4.79 Å². The number of carbonyl (C=O) groups excluding carboxylic acids is 1. The second kappa shape index (κ2) is 7.26. The first-order valence-corrected chi connectivity index (χ1v) is 7.39. The van der Waals surface area contributed by atoms with E-state index in [1.165, 1.54) is 0 Å². The van der Waals surface area contributed by atoms with Crippen LogP contribution in [0.5, 0.6) is 5.75 Å². The lowest BCUT2D eigenvalue weighted by atomic mass is 10.2. The summed E-state index contributed by atoms with van der Waals surface area (Å²) in [4.78, 5) is 16.1. The van der Waals surface area contributed by atoms with Gasteiger partial charge in [-0.15, -0.1) is 0 Å². The zero-order chi connectivity index (χ0) is 15.9. The van der Waals surface area contributed by atoms with Gasteiger partial charge in [0.15, 0.2) is 0 Å². The van der Waals surface area contributed by atoms with E-state index in [1.54, 1.807) is 6.20 Å². The molecule has 5 nitrogen and oxygen atoms in total. The van der Waals surface area contributed by atoms with E-state index in [9.17, 15) is 4.79 Å². The maximum absolute atomic E-state index is 11.7. The molecule has 0 bridgehead atoms. The molecule has 0 aliphatic heterocycles. The Morgan fingerprint density at radius 1 is 1.00 bits per heavy atom. The Bertz CT molecular complexity index is 785. The number of carbonyl (C=O) groups is 1. The third-order valence-corrected chi connectivity index (χ3v) is 3.27. The molecule has 0 saturated heterocycles. The molecule has 0 unspecified atom stereocenters. The van der Waals surface area contributed by atoms with Gasteiger partial charge in [0, 0.05) is 17.3 Å². The lowest BCUT2D eigenvalue weighted by Crippen LogP contribution is -2.32. The molecular weight excluding hydrogens is 290 g/mol. The summed E-state index contributed by atoms with van der Waals surface area (Å²) in [5.74, 6) is 0.716. The Morgan fingerprint density at radius 2 is 1.83 bits per heavy atom. The summed E-state index contributed by atoms with van der Waals surface area (Å²) < 4.78 is 5.71. The Hall–Kier alpha value is -3.08. The van der Waals surface area contributed by atoms with E-state index < -0.39 is 0 Å². The number of ether oxygens (including phenoxy) is 1. The first kappa shape index (κ1) is 14.8.